The Balaban J connectivity index is 1.61. The molecule has 1 aliphatic heterocycles. The molecule has 0 saturated carbocycles. The van der Waals surface area contributed by atoms with Gasteiger partial charge in [-0.3, -0.25) is 4.79 Å². The van der Waals surface area contributed by atoms with Gasteiger partial charge in [-0.2, -0.15) is 0 Å². The van der Waals surface area contributed by atoms with Gasteiger partial charge in [0.15, 0.2) is 15.0 Å². The Morgan fingerprint density at radius 1 is 1.35 bits per heavy atom. The van der Waals surface area contributed by atoms with Gasteiger partial charge in [-0.05, 0) is 24.1 Å². The van der Waals surface area contributed by atoms with Crippen molar-refractivity contribution in [2.45, 2.75) is 12.8 Å². The summed E-state index contributed by atoms with van der Waals surface area (Å²) in [5, 5.41) is 3.92. The van der Waals surface area contributed by atoms with E-state index >= 15 is 0 Å². The van der Waals surface area contributed by atoms with E-state index in [0.29, 0.717) is 23.0 Å². The molecule has 0 spiro atoms. The van der Waals surface area contributed by atoms with Crippen LogP contribution in [0.2, 0.25) is 5.02 Å². The van der Waals surface area contributed by atoms with Crippen LogP contribution in [0, 0.1) is 5.92 Å². The number of anilines is 1. The predicted molar refractivity (Wildman–Crippen MR) is 91.8 cm³/mol. The lowest BCUT2D eigenvalue weighted by Crippen LogP contribution is -2.23. The van der Waals surface area contributed by atoms with E-state index in [2.05, 4.69) is 10.3 Å². The fourth-order valence-electron chi connectivity index (χ4n) is 2.46. The summed E-state index contributed by atoms with van der Waals surface area (Å²) in [6, 6.07) is 7.57. The Labute approximate surface area is 143 Å². The van der Waals surface area contributed by atoms with Crippen molar-refractivity contribution in [2.75, 3.05) is 16.8 Å². The van der Waals surface area contributed by atoms with E-state index in [1.807, 2.05) is 24.3 Å². The highest BCUT2D eigenvalue weighted by Crippen LogP contribution is 2.24. The van der Waals surface area contributed by atoms with E-state index in [1.165, 1.54) is 11.3 Å². The van der Waals surface area contributed by atoms with Gasteiger partial charge in [0.25, 0.3) is 0 Å². The Bertz CT molecular complexity index is 816. The summed E-state index contributed by atoms with van der Waals surface area (Å²) in [5.41, 5.74) is 1.11. The summed E-state index contributed by atoms with van der Waals surface area (Å²) < 4.78 is 22.9. The van der Waals surface area contributed by atoms with Crippen LogP contribution in [0.1, 0.15) is 16.9 Å². The number of sulfone groups is 1. The molecule has 3 rings (SSSR count). The average molecular weight is 371 g/mol. The average Bonchev–Trinajstić information content (AvgIpc) is 3.08. The van der Waals surface area contributed by atoms with Gasteiger partial charge in [-0.1, -0.05) is 23.7 Å². The lowest BCUT2D eigenvalue weighted by Gasteiger charge is -2.06. The maximum absolute atomic E-state index is 12.1. The van der Waals surface area contributed by atoms with Crippen molar-refractivity contribution < 1.29 is 13.2 Å². The van der Waals surface area contributed by atoms with Crippen molar-refractivity contribution in [3.8, 4) is 0 Å². The summed E-state index contributed by atoms with van der Waals surface area (Å²) >= 11 is 7.25. The van der Waals surface area contributed by atoms with Crippen molar-refractivity contribution >= 4 is 43.8 Å². The molecule has 122 valence electrons. The van der Waals surface area contributed by atoms with E-state index in [9.17, 15) is 13.2 Å². The minimum absolute atomic E-state index is 0.0676. The maximum atomic E-state index is 12.1. The number of carbonyl (C=O) groups is 1. The molecule has 2 aromatic rings. The van der Waals surface area contributed by atoms with Crippen molar-refractivity contribution in [1.29, 1.82) is 0 Å². The molecule has 1 saturated heterocycles. The fourth-order valence-corrected chi connectivity index (χ4v) is 5.18. The molecule has 23 heavy (non-hydrogen) atoms. The van der Waals surface area contributed by atoms with Gasteiger partial charge in [0.2, 0.25) is 5.91 Å². The predicted octanol–water partition coefficient (Wildman–Crippen LogP) is 2.76. The number of amides is 1. The molecule has 0 unspecified atom stereocenters. The quantitative estimate of drug-likeness (QED) is 0.897. The van der Waals surface area contributed by atoms with E-state index in [0.717, 1.165) is 10.4 Å². The van der Waals surface area contributed by atoms with Crippen molar-refractivity contribution in [1.82, 2.24) is 4.98 Å². The topological polar surface area (TPSA) is 76.1 Å². The molecule has 0 aliphatic carbocycles. The zero-order valence-corrected chi connectivity index (χ0v) is 14.5. The normalized spacial score (nSPS) is 19.6. The van der Waals surface area contributed by atoms with E-state index in [1.54, 1.807) is 6.20 Å². The number of aromatic nitrogens is 1. The number of thiazole rings is 1. The molecule has 1 atom stereocenters. The van der Waals surface area contributed by atoms with Gasteiger partial charge < -0.3 is 5.32 Å². The summed E-state index contributed by atoms with van der Waals surface area (Å²) in [6.07, 6.45) is 2.82. The highest BCUT2D eigenvalue weighted by molar-refractivity contribution is 7.91. The summed E-state index contributed by atoms with van der Waals surface area (Å²) in [6.45, 7) is 0. The number of rotatable bonds is 4. The van der Waals surface area contributed by atoms with E-state index < -0.39 is 15.8 Å². The van der Waals surface area contributed by atoms with Crippen molar-refractivity contribution in [3.05, 3.63) is 45.9 Å². The zero-order valence-electron chi connectivity index (χ0n) is 12.2. The Hall–Kier alpha value is -1.44. The second kappa shape index (κ2) is 6.59. The third kappa shape index (κ3) is 4.31. The lowest BCUT2D eigenvalue weighted by atomic mass is 10.1. The smallest absolute Gasteiger partial charge is 0.230 e. The van der Waals surface area contributed by atoms with Crippen LogP contribution in [0.15, 0.2) is 30.5 Å². The number of nitrogens with one attached hydrogen (secondary N) is 1. The second-order valence-corrected chi connectivity index (χ2v) is 9.30. The minimum atomic E-state index is -3.06. The first-order valence-electron chi connectivity index (χ1n) is 7.12. The molecule has 1 aromatic heterocycles. The number of carbonyl (C=O) groups excluding carboxylic acids is 1. The van der Waals surface area contributed by atoms with Gasteiger partial charge >= 0.3 is 0 Å². The molecule has 5 nitrogen and oxygen atoms in total. The molecule has 1 aromatic carbocycles. The van der Waals surface area contributed by atoms with Crippen LogP contribution in [0.25, 0.3) is 0 Å². The van der Waals surface area contributed by atoms with Crippen LogP contribution in [0.3, 0.4) is 0 Å². The number of hydrogen-bond donors (Lipinski definition) is 1. The molecular weight excluding hydrogens is 356 g/mol. The monoisotopic (exact) mass is 370 g/mol. The summed E-state index contributed by atoms with van der Waals surface area (Å²) in [7, 11) is -3.06. The highest BCUT2D eigenvalue weighted by Gasteiger charge is 2.33. The molecule has 1 amide bonds. The third-order valence-electron chi connectivity index (χ3n) is 3.68. The first-order valence-corrected chi connectivity index (χ1v) is 10.1. The first kappa shape index (κ1) is 16.4. The van der Waals surface area contributed by atoms with Crippen molar-refractivity contribution in [2.24, 2.45) is 5.92 Å². The first-order chi connectivity index (χ1) is 10.9. The van der Waals surface area contributed by atoms with Crippen molar-refractivity contribution in [3.63, 3.8) is 0 Å². The fraction of sp³-hybridized carbons (Fsp3) is 0.333. The number of nitrogens with zero attached hydrogens (tertiary/aromatic N) is 1. The molecule has 1 N–H and O–H groups in total. The van der Waals surface area contributed by atoms with E-state index in [-0.39, 0.29) is 17.4 Å². The lowest BCUT2D eigenvalue weighted by molar-refractivity contribution is -0.119. The largest absolute Gasteiger partial charge is 0.302 e. The number of halogens is 1. The SMILES string of the molecule is O=C(Nc1ncc(Cc2ccc(Cl)cc2)s1)[C@H]1CCS(=O)(=O)C1. The van der Waals surface area contributed by atoms with Crippen LogP contribution in [0.4, 0.5) is 5.13 Å². The second-order valence-electron chi connectivity index (χ2n) is 5.52. The molecule has 0 radical (unpaired) electrons. The Morgan fingerprint density at radius 2 is 2.09 bits per heavy atom. The molecule has 0 bridgehead atoms. The molecule has 1 aliphatic rings. The van der Waals surface area contributed by atoms with Crippen LogP contribution in [-0.2, 0) is 21.1 Å². The highest BCUT2D eigenvalue weighted by atomic mass is 35.5. The molecule has 1 fully saturated rings. The van der Waals surface area contributed by atoms with Gasteiger partial charge in [0, 0.05) is 22.5 Å². The molecule has 2 heterocycles. The standard InChI is InChI=1S/C15H15ClN2O3S2/c16-12-3-1-10(2-4-12)7-13-8-17-15(22-13)18-14(19)11-5-6-23(20,21)9-11/h1-4,8,11H,5-7,9H2,(H,17,18,19)/t11-/m0/s1. The van der Waals surface area contributed by atoms with Crippen LogP contribution in [0.5, 0.6) is 0 Å². The maximum Gasteiger partial charge on any atom is 0.230 e. The summed E-state index contributed by atoms with van der Waals surface area (Å²) in [5.74, 6) is -0.714. The third-order valence-corrected chi connectivity index (χ3v) is 6.61. The summed E-state index contributed by atoms with van der Waals surface area (Å²) in [4.78, 5) is 17.3. The minimum Gasteiger partial charge on any atom is -0.302 e. The van der Waals surface area contributed by atoms with Crippen LogP contribution in [-0.4, -0.2) is 30.8 Å². The Kier molecular flexibility index (Phi) is 4.70. The molecule has 8 heteroatoms. The van der Waals surface area contributed by atoms with E-state index in [4.69, 9.17) is 11.6 Å². The zero-order chi connectivity index (χ0) is 16.4. The van der Waals surface area contributed by atoms with Gasteiger partial charge in [-0.15, -0.1) is 11.3 Å². The molecular formula is C15H15ClN2O3S2. The van der Waals surface area contributed by atoms with Gasteiger partial charge in [0.1, 0.15) is 0 Å². The number of hydrogen-bond acceptors (Lipinski definition) is 5. The van der Waals surface area contributed by atoms with Gasteiger partial charge in [-0.25, -0.2) is 13.4 Å². The Morgan fingerprint density at radius 3 is 2.74 bits per heavy atom. The van der Waals surface area contributed by atoms with Crippen LogP contribution < -0.4 is 5.32 Å². The number of benzene rings is 1. The van der Waals surface area contributed by atoms with Gasteiger partial charge in [0.05, 0.1) is 17.4 Å². The van der Waals surface area contributed by atoms with Crippen LogP contribution >= 0.6 is 22.9 Å².